The summed E-state index contributed by atoms with van der Waals surface area (Å²) in [5, 5.41) is 8.48. The smallest absolute Gasteiger partial charge is 0.341 e. The van der Waals surface area contributed by atoms with Gasteiger partial charge in [-0.05, 0) is 24.3 Å². The number of carbonyl (C=O) groups is 1. The molecule has 9 heteroatoms. The van der Waals surface area contributed by atoms with E-state index in [2.05, 4.69) is 9.71 Å². The van der Waals surface area contributed by atoms with E-state index < -0.39 is 22.6 Å². The number of hydrogen-bond acceptors (Lipinski definition) is 6. The van der Waals surface area contributed by atoms with Crippen LogP contribution in [0.1, 0.15) is 4.88 Å². The summed E-state index contributed by atoms with van der Waals surface area (Å²) in [6, 6.07) is 5.52. The Balaban J connectivity index is 2.01. The molecule has 0 bridgehead atoms. The number of aliphatic carboxylic acids is 1. The molecule has 0 aliphatic heterocycles. The summed E-state index contributed by atoms with van der Waals surface area (Å²) in [6.45, 7) is -0.306. The fraction of sp³-hybridized carbons (Fsp3) is 0.167. The van der Waals surface area contributed by atoms with Gasteiger partial charge in [0, 0.05) is 17.6 Å². The van der Waals surface area contributed by atoms with Gasteiger partial charge in [-0.25, -0.2) is 17.9 Å². The van der Waals surface area contributed by atoms with Gasteiger partial charge in [0.15, 0.2) is 6.61 Å². The molecule has 0 atom stereocenters. The summed E-state index contributed by atoms with van der Waals surface area (Å²) >= 11 is 1.36. The number of rotatable bonds is 7. The first kappa shape index (κ1) is 15.4. The van der Waals surface area contributed by atoms with Crippen LogP contribution >= 0.6 is 11.3 Å². The minimum Gasteiger partial charge on any atom is -0.482 e. The van der Waals surface area contributed by atoms with Gasteiger partial charge in [-0.3, -0.25) is 4.98 Å². The van der Waals surface area contributed by atoms with Gasteiger partial charge in [0.1, 0.15) is 5.75 Å². The van der Waals surface area contributed by atoms with E-state index in [-0.39, 0.29) is 11.4 Å². The highest BCUT2D eigenvalue weighted by Gasteiger charge is 2.14. The maximum Gasteiger partial charge on any atom is 0.341 e. The largest absolute Gasteiger partial charge is 0.482 e. The molecule has 112 valence electrons. The Morgan fingerprint density at radius 1 is 1.33 bits per heavy atom. The van der Waals surface area contributed by atoms with Crippen molar-refractivity contribution in [3.8, 4) is 5.75 Å². The molecule has 0 amide bonds. The van der Waals surface area contributed by atoms with Crippen molar-refractivity contribution in [2.24, 2.45) is 0 Å². The van der Waals surface area contributed by atoms with Gasteiger partial charge in [0.05, 0.1) is 10.4 Å². The molecule has 1 aromatic heterocycles. The van der Waals surface area contributed by atoms with Crippen molar-refractivity contribution < 1.29 is 23.1 Å². The number of sulfonamides is 1. The van der Waals surface area contributed by atoms with Gasteiger partial charge in [-0.1, -0.05) is 0 Å². The maximum atomic E-state index is 12.0. The van der Waals surface area contributed by atoms with Crippen molar-refractivity contribution >= 4 is 27.3 Å². The van der Waals surface area contributed by atoms with E-state index in [1.165, 1.54) is 35.6 Å². The van der Waals surface area contributed by atoms with Crippen molar-refractivity contribution in [3.63, 3.8) is 0 Å². The minimum absolute atomic E-state index is 0.0784. The summed E-state index contributed by atoms with van der Waals surface area (Å²) in [4.78, 5) is 15.1. The Morgan fingerprint density at radius 3 is 2.62 bits per heavy atom. The minimum atomic E-state index is -3.63. The standard InChI is InChI=1S/C12H12N2O5S2/c15-12(16)7-19-9-1-3-11(4-2-9)21(17,18)14-6-10-5-13-8-20-10/h1-5,8,14H,6-7H2,(H,15,16). The SMILES string of the molecule is O=C(O)COc1ccc(S(=O)(=O)NCc2cncs2)cc1. The zero-order chi connectivity index (χ0) is 15.3. The lowest BCUT2D eigenvalue weighted by Gasteiger charge is -2.07. The van der Waals surface area contributed by atoms with Crippen LogP contribution in [-0.2, 0) is 21.4 Å². The number of carboxylic acid groups (broad SMARTS) is 1. The Morgan fingerprint density at radius 2 is 2.05 bits per heavy atom. The van der Waals surface area contributed by atoms with E-state index in [4.69, 9.17) is 9.84 Å². The van der Waals surface area contributed by atoms with Gasteiger partial charge >= 0.3 is 5.97 Å². The highest BCUT2D eigenvalue weighted by atomic mass is 32.2. The number of ether oxygens (including phenoxy) is 1. The summed E-state index contributed by atoms with van der Waals surface area (Å²) in [6.07, 6.45) is 1.59. The third-order valence-corrected chi connectivity index (χ3v) is 4.61. The molecule has 0 aliphatic rings. The van der Waals surface area contributed by atoms with E-state index in [0.717, 1.165) is 4.88 Å². The van der Waals surface area contributed by atoms with E-state index in [9.17, 15) is 13.2 Å². The first-order chi connectivity index (χ1) is 9.97. The van der Waals surface area contributed by atoms with Crippen LogP contribution in [0.3, 0.4) is 0 Å². The molecule has 7 nitrogen and oxygen atoms in total. The van der Waals surface area contributed by atoms with Crippen LogP contribution in [0.5, 0.6) is 5.75 Å². The van der Waals surface area contributed by atoms with Gasteiger partial charge in [-0.2, -0.15) is 0 Å². The van der Waals surface area contributed by atoms with Gasteiger partial charge < -0.3 is 9.84 Å². The molecule has 0 saturated carbocycles. The number of hydrogen-bond donors (Lipinski definition) is 2. The van der Waals surface area contributed by atoms with E-state index in [1.54, 1.807) is 11.7 Å². The highest BCUT2D eigenvalue weighted by molar-refractivity contribution is 7.89. The van der Waals surface area contributed by atoms with Gasteiger partial charge in [-0.15, -0.1) is 11.3 Å². The van der Waals surface area contributed by atoms with E-state index in [0.29, 0.717) is 5.75 Å². The Labute approximate surface area is 125 Å². The van der Waals surface area contributed by atoms with Gasteiger partial charge in [0.25, 0.3) is 0 Å². The van der Waals surface area contributed by atoms with Crippen LogP contribution in [0.2, 0.25) is 0 Å². The van der Waals surface area contributed by atoms with Crippen LogP contribution < -0.4 is 9.46 Å². The number of carboxylic acids is 1. The zero-order valence-corrected chi connectivity index (χ0v) is 12.4. The molecule has 21 heavy (non-hydrogen) atoms. The molecule has 2 rings (SSSR count). The molecular weight excluding hydrogens is 316 g/mol. The number of thiazole rings is 1. The Kier molecular flexibility index (Phi) is 4.89. The van der Waals surface area contributed by atoms with Crippen LogP contribution in [0, 0.1) is 0 Å². The number of nitrogens with one attached hydrogen (secondary N) is 1. The second kappa shape index (κ2) is 6.66. The van der Waals surface area contributed by atoms with Gasteiger partial charge in [0.2, 0.25) is 10.0 Å². The molecule has 0 radical (unpaired) electrons. The average molecular weight is 328 g/mol. The van der Waals surface area contributed by atoms with Crippen LogP contribution in [0.4, 0.5) is 0 Å². The van der Waals surface area contributed by atoms with Crippen molar-refractivity contribution in [2.75, 3.05) is 6.61 Å². The predicted molar refractivity (Wildman–Crippen MR) is 75.7 cm³/mol. The third-order valence-electron chi connectivity index (χ3n) is 2.42. The summed E-state index contributed by atoms with van der Waals surface area (Å²) in [5.41, 5.74) is 1.62. The van der Waals surface area contributed by atoms with Crippen LogP contribution in [0.15, 0.2) is 40.9 Å². The average Bonchev–Trinajstić information content (AvgIpc) is 2.97. The lowest BCUT2D eigenvalue weighted by Crippen LogP contribution is -2.22. The molecular formula is C12H12N2O5S2. The first-order valence-corrected chi connectivity index (χ1v) is 8.15. The van der Waals surface area contributed by atoms with E-state index >= 15 is 0 Å². The first-order valence-electron chi connectivity index (χ1n) is 5.79. The molecule has 2 N–H and O–H groups in total. The maximum absolute atomic E-state index is 12.0. The quantitative estimate of drug-likeness (QED) is 0.788. The second-order valence-corrected chi connectivity index (χ2v) is 6.68. The second-order valence-electron chi connectivity index (χ2n) is 3.95. The van der Waals surface area contributed by atoms with Crippen molar-refractivity contribution in [1.82, 2.24) is 9.71 Å². The number of benzene rings is 1. The lowest BCUT2D eigenvalue weighted by molar-refractivity contribution is -0.139. The molecule has 1 heterocycles. The Bertz CT molecular complexity index is 696. The van der Waals surface area contributed by atoms with Crippen molar-refractivity contribution in [3.05, 3.63) is 40.8 Å². The molecule has 0 fully saturated rings. The highest BCUT2D eigenvalue weighted by Crippen LogP contribution is 2.16. The summed E-state index contributed by atoms with van der Waals surface area (Å²) in [7, 11) is -3.63. The summed E-state index contributed by atoms with van der Waals surface area (Å²) in [5.74, 6) is -0.809. The Hall–Kier alpha value is -1.97. The zero-order valence-electron chi connectivity index (χ0n) is 10.7. The van der Waals surface area contributed by atoms with Crippen molar-refractivity contribution in [2.45, 2.75) is 11.4 Å². The number of nitrogens with zero attached hydrogens (tertiary/aromatic N) is 1. The monoisotopic (exact) mass is 328 g/mol. The molecule has 0 spiro atoms. The van der Waals surface area contributed by atoms with E-state index in [1.807, 2.05) is 0 Å². The lowest BCUT2D eigenvalue weighted by atomic mass is 10.3. The molecule has 2 aromatic rings. The van der Waals surface area contributed by atoms with Crippen LogP contribution in [-0.4, -0.2) is 31.1 Å². The van der Waals surface area contributed by atoms with Crippen LogP contribution in [0.25, 0.3) is 0 Å². The topological polar surface area (TPSA) is 106 Å². The normalized spacial score (nSPS) is 11.2. The molecule has 0 unspecified atom stereocenters. The molecule has 1 aromatic carbocycles. The van der Waals surface area contributed by atoms with Crippen molar-refractivity contribution in [1.29, 1.82) is 0 Å². The molecule has 0 saturated heterocycles. The summed E-state index contributed by atoms with van der Waals surface area (Å²) < 4.78 is 31.5. The molecule has 0 aliphatic carbocycles. The number of aromatic nitrogens is 1. The third kappa shape index (κ3) is 4.52. The fourth-order valence-corrected chi connectivity index (χ4v) is 3.07. The fourth-order valence-electron chi connectivity index (χ4n) is 1.44. The predicted octanol–water partition coefficient (Wildman–Crippen LogP) is 1.08.